The van der Waals surface area contributed by atoms with Crippen LogP contribution in [0.5, 0.6) is 0 Å². The van der Waals surface area contributed by atoms with Crippen LogP contribution in [0.3, 0.4) is 0 Å². The molecule has 0 fully saturated rings. The van der Waals surface area contributed by atoms with Crippen molar-refractivity contribution in [3.05, 3.63) is 0 Å². The van der Waals surface area contributed by atoms with Crippen LogP contribution in [0, 0.1) is 0 Å². The van der Waals surface area contributed by atoms with Gasteiger partial charge in [-0.05, 0) is 0 Å². The van der Waals surface area contributed by atoms with Crippen molar-refractivity contribution >= 4 is 77.4 Å². The van der Waals surface area contributed by atoms with E-state index in [1.165, 1.54) is 0 Å². The Hall–Kier alpha value is 1.85. The molecule has 0 aliphatic carbocycles. The zero-order valence-electron chi connectivity index (χ0n) is 23.8. The van der Waals surface area contributed by atoms with Crippen molar-refractivity contribution in [1.29, 1.82) is 0 Å². The fourth-order valence-corrected chi connectivity index (χ4v) is 2.59. The van der Waals surface area contributed by atoms with Gasteiger partial charge in [0.15, 0.2) is 0 Å². The van der Waals surface area contributed by atoms with Crippen molar-refractivity contribution in [2.75, 3.05) is 35.0 Å². The smallest absolute Gasteiger partial charge is 0.281 e. The van der Waals surface area contributed by atoms with Gasteiger partial charge in [0.2, 0.25) is 0 Å². The van der Waals surface area contributed by atoms with Crippen molar-refractivity contribution in [3.63, 3.8) is 0 Å². The Labute approximate surface area is 169 Å². The van der Waals surface area contributed by atoms with Crippen LogP contribution in [-0.2, 0) is 18.1 Å². The largest absolute Gasteiger partial charge is 0.475 e. The van der Waals surface area contributed by atoms with E-state index in [-0.39, 0.29) is 0 Å². The lowest BCUT2D eigenvalue weighted by atomic mass is 10.5. The molecule has 0 aromatic carbocycles. The van der Waals surface area contributed by atoms with Gasteiger partial charge >= 0.3 is 7.82 Å². The van der Waals surface area contributed by atoms with Crippen LogP contribution >= 0.6 is 77.4 Å². The van der Waals surface area contributed by atoms with Gasteiger partial charge in [0.05, 0.1) is 57.3 Å². The van der Waals surface area contributed by atoms with Crippen LogP contribution in [0.1, 0.15) is 20.6 Å². The number of hydrogen-bond acceptors (Lipinski definition) is 4. The minimum absolute atomic E-state index is 3.84. The molecule has 4 nitrogen and oxygen atoms in total. The highest BCUT2D eigenvalue weighted by Gasteiger charge is 2.36. The van der Waals surface area contributed by atoms with E-state index in [0.717, 1.165) is 0 Å². The zero-order chi connectivity index (χ0) is 29.1. The number of alkyl halides is 6. The lowest BCUT2D eigenvalue weighted by Crippen LogP contribution is -2.25. The standard InChI is InChI=1S/C9H15Cl6O4P/c10-1-7(2-11)17-20(16,18-8(3-12)4-13)19-9(5-14)6-15/h7-9H,1-6H2/i1D2,2D2,3D2,4D2,5D2,6D2,7D,8D,9D. The van der Waals surface area contributed by atoms with Crippen molar-refractivity contribution in [2.24, 2.45) is 0 Å². The van der Waals surface area contributed by atoms with Gasteiger partial charge in [-0.1, -0.05) is 0 Å². The Morgan fingerprint density at radius 3 is 1.10 bits per heavy atom. The lowest BCUT2D eigenvalue weighted by Gasteiger charge is -2.26. The summed E-state index contributed by atoms with van der Waals surface area (Å²) < 4.78 is 140. The topological polar surface area (TPSA) is 44.8 Å². The minimum atomic E-state index is -6.67. The summed E-state index contributed by atoms with van der Waals surface area (Å²) in [5.41, 5.74) is 0. The van der Waals surface area contributed by atoms with Gasteiger partial charge in [0.1, 0.15) is 0 Å². The molecule has 0 aliphatic heterocycles. The van der Waals surface area contributed by atoms with Gasteiger partial charge in [-0.2, -0.15) is 0 Å². The van der Waals surface area contributed by atoms with E-state index in [0.29, 0.717) is 0 Å². The molecule has 0 saturated carbocycles. The summed E-state index contributed by atoms with van der Waals surface area (Å²) >= 11 is 31.8. The summed E-state index contributed by atoms with van der Waals surface area (Å²) in [5, 5.41) is 0. The van der Waals surface area contributed by atoms with E-state index in [4.69, 9.17) is 90.2 Å². The zero-order valence-corrected chi connectivity index (χ0v) is 14.3. The Bertz CT molecular complexity index is 666. The number of phosphoric ester groups is 1. The van der Waals surface area contributed by atoms with E-state index < -0.39 is 61.1 Å². The van der Waals surface area contributed by atoms with Crippen LogP contribution in [0.15, 0.2) is 0 Å². The van der Waals surface area contributed by atoms with Crippen LogP contribution in [0.4, 0.5) is 0 Å². The van der Waals surface area contributed by atoms with Crippen molar-refractivity contribution in [1.82, 2.24) is 0 Å². The quantitative estimate of drug-likeness (QED) is 0.323. The van der Waals surface area contributed by atoms with E-state index in [2.05, 4.69) is 13.6 Å². The minimum Gasteiger partial charge on any atom is -0.281 e. The molecule has 0 amide bonds. The Morgan fingerprint density at radius 1 is 0.750 bits per heavy atom. The molecule has 0 spiro atoms. The summed E-state index contributed by atoms with van der Waals surface area (Å²) in [5.74, 6) is -23.0. The molecule has 0 bridgehead atoms. The maximum Gasteiger partial charge on any atom is 0.475 e. The second kappa shape index (κ2) is 12.3. The van der Waals surface area contributed by atoms with E-state index in [1.54, 1.807) is 0 Å². The van der Waals surface area contributed by atoms with Gasteiger partial charge in [-0.25, -0.2) is 4.57 Å². The molecular weight excluding hydrogens is 416 g/mol. The molecule has 122 valence electrons. The Kier molecular flexibility index (Phi) is 4.54. The molecule has 0 heterocycles. The first kappa shape index (κ1) is 7.39. The first-order valence-electron chi connectivity index (χ1n) is 11.5. The molecule has 0 unspecified atom stereocenters. The summed E-state index contributed by atoms with van der Waals surface area (Å²) in [7, 11) is -6.67. The molecule has 0 radical (unpaired) electrons. The molecule has 0 rings (SSSR count). The van der Waals surface area contributed by atoms with Gasteiger partial charge in [-0.3, -0.25) is 13.6 Å². The molecule has 0 atom stereocenters. The van der Waals surface area contributed by atoms with E-state index >= 15 is 0 Å². The van der Waals surface area contributed by atoms with Crippen LogP contribution in [-0.4, -0.2) is 53.2 Å². The third-order valence-corrected chi connectivity index (χ3v) is 3.37. The monoisotopic (exact) mass is 443 g/mol. The summed E-state index contributed by atoms with van der Waals surface area (Å²) in [6, 6.07) is 0. The third kappa shape index (κ3) is 8.47. The van der Waals surface area contributed by atoms with Crippen molar-refractivity contribution < 1.29 is 38.7 Å². The van der Waals surface area contributed by atoms with Gasteiger partial charge < -0.3 is 0 Å². The van der Waals surface area contributed by atoms with Crippen molar-refractivity contribution in [3.8, 4) is 0 Å². The molecule has 0 N–H and O–H groups in total. The lowest BCUT2D eigenvalue weighted by molar-refractivity contribution is 0.0605. The maximum absolute atomic E-state index is 13.6. The predicted octanol–water partition coefficient (Wildman–Crippen LogP) is 4.68. The second-order valence-corrected chi connectivity index (χ2v) is 4.85. The summed E-state index contributed by atoms with van der Waals surface area (Å²) in [6.07, 6.45) is -12.6. The van der Waals surface area contributed by atoms with Crippen LogP contribution in [0.25, 0.3) is 0 Å². The molecular formula is C9H15Cl6O4P. The maximum atomic E-state index is 13.6. The van der Waals surface area contributed by atoms with Gasteiger partial charge in [0, 0.05) is 16.4 Å². The van der Waals surface area contributed by atoms with Crippen LogP contribution < -0.4 is 0 Å². The summed E-state index contributed by atoms with van der Waals surface area (Å²) in [6.45, 7) is 0. The average molecular weight is 446 g/mol. The molecule has 0 aromatic heterocycles. The van der Waals surface area contributed by atoms with Crippen molar-refractivity contribution in [2.45, 2.75) is 18.2 Å². The number of hydrogen-bond donors (Lipinski definition) is 0. The molecule has 11 heteroatoms. The average Bonchev–Trinajstić information content (AvgIpc) is 2.47. The van der Waals surface area contributed by atoms with Gasteiger partial charge in [0.25, 0.3) is 0 Å². The first-order valence-corrected chi connectivity index (χ1v) is 7.70. The fourth-order valence-electron chi connectivity index (χ4n) is 0.548. The predicted molar refractivity (Wildman–Crippen MR) is 86.5 cm³/mol. The first-order chi connectivity index (χ1) is 14.6. The van der Waals surface area contributed by atoms with E-state index in [9.17, 15) is 4.57 Å². The van der Waals surface area contributed by atoms with Gasteiger partial charge in [-0.15, -0.1) is 69.6 Å². The fraction of sp³-hybridized carbons (Fsp3) is 1.00. The normalized spacial score (nSPS) is 29.8. The third-order valence-electron chi connectivity index (χ3n) is 1.12. The molecule has 20 heavy (non-hydrogen) atoms. The highest BCUT2D eigenvalue weighted by molar-refractivity contribution is 7.48. The van der Waals surface area contributed by atoms with Crippen LogP contribution in [0.2, 0.25) is 0 Å². The highest BCUT2D eigenvalue weighted by atomic mass is 35.5. The molecule has 0 aromatic rings. The summed E-state index contributed by atoms with van der Waals surface area (Å²) in [4.78, 5) is 0. The number of halogens is 6. The Balaban J connectivity index is 7.42. The number of phosphoric acid groups is 1. The molecule has 0 saturated heterocycles. The second-order valence-electron chi connectivity index (χ2n) is 2.28. The molecule has 0 aliphatic rings. The van der Waals surface area contributed by atoms with E-state index in [1.807, 2.05) is 0 Å². The Morgan fingerprint density at radius 2 is 0.950 bits per heavy atom. The highest BCUT2D eigenvalue weighted by Crippen LogP contribution is 2.53. The number of rotatable bonds is 12. The SMILES string of the molecule is [2H]C([2H])(Cl)C([2H])(OP(=O)(OC([2H])(C([2H])([2H])Cl)C([2H])([2H])Cl)OC([2H])(C([2H])([2H])Cl)C([2H])([2H])Cl)C([2H])([2H])Cl.